The van der Waals surface area contributed by atoms with E-state index in [1.165, 1.54) is 0 Å². The van der Waals surface area contributed by atoms with E-state index in [4.69, 9.17) is 4.18 Å². The summed E-state index contributed by atoms with van der Waals surface area (Å²) in [6, 6.07) is 0.328. The van der Waals surface area contributed by atoms with Crippen molar-refractivity contribution in [1.29, 1.82) is 0 Å². The van der Waals surface area contributed by atoms with E-state index in [1.54, 1.807) is 0 Å². The minimum absolute atomic E-state index is 0.148. The molecule has 0 aromatic rings. The molecule has 14 heavy (non-hydrogen) atoms. The summed E-state index contributed by atoms with van der Waals surface area (Å²) in [5.41, 5.74) is 0.148. The van der Waals surface area contributed by atoms with E-state index >= 15 is 0 Å². The SMILES string of the molecule is CC(C)(C)C1CC(OS(C)(=O)=O)CN1. The average molecular weight is 221 g/mol. The van der Waals surface area contributed by atoms with Crippen LogP contribution in [0.1, 0.15) is 27.2 Å². The number of hydrogen-bond donors (Lipinski definition) is 1. The minimum atomic E-state index is -3.32. The molecule has 0 aromatic carbocycles. The zero-order chi connectivity index (χ0) is 11.0. The lowest BCUT2D eigenvalue weighted by Crippen LogP contribution is -2.34. The fourth-order valence-electron chi connectivity index (χ4n) is 1.68. The van der Waals surface area contributed by atoms with Crippen molar-refractivity contribution in [2.75, 3.05) is 12.8 Å². The smallest absolute Gasteiger partial charge is 0.264 e. The second-order valence-corrected chi connectivity index (χ2v) is 6.59. The van der Waals surface area contributed by atoms with Gasteiger partial charge in [-0.05, 0) is 11.8 Å². The predicted octanol–water partition coefficient (Wildman–Crippen LogP) is 0.739. The van der Waals surface area contributed by atoms with Gasteiger partial charge in [0.05, 0.1) is 12.4 Å². The van der Waals surface area contributed by atoms with Crippen molar-refractivity contribution in [3.63, 3.8) is 0 Å². The summed E-state index contributed by atoms with van der Waals surface area (Å²) in [7, 11) is -3.32. The molecule has 1 heterocycles. The van der Waals surface area contributed by atoms with Crippen molar-refractivity contribution < 1.29 is 12.6 Å². The minimum Gasteiger partial charge on any atom is -0.311 e. The van der Waals surface area contributed by atoms with Gasteiger partial charge in [0.2, 0.25) is 0 Å². The molecule has 2 unspecified atom stereocenters. The summed E-state index contributed by atoms with van der Waals surface area (Å²) in [5, 5.41) is 3.28. The molecule has 2 atom stereocenters. The van der Waals surface area contributed by atoms with E-state index in [9.17, 15) is 8.42 Å². The van der Waals surface area contributed by atoms with Gasteiger partial charge in [0.25, 0.3) is 10.1 Å². The Balaban J connectivity index is 2.50. The molecule has 0 spiro atoms. The molecule has 5 heteroatoms. The molecule has 0 saturated carbocycles. The van der Waals surface area contributed by atoms with Crippen LogP contribution < -0.4 is 5.32 Å². The first-order valence-corrected chi connectivity index (χ1v) is 6.62. The van der Waals surface area contributed by atoms with Crippen LogP contribution in [0.25, 0.3) is 0 Å². The van der Waals surface area contributed by atoms with Crippen molar-refractivity contribution in [2.24, 2.45) is 5.41 Å². The van der Waals surface area contributed by atoms with Gasteiger partial charge in [0, 0.05) is 12.6 Å². The van der Waals surface area contributed by atoms with Crippen LogP contribution in [0.5, 0.6) is 0 Å². The highest BCUT2D eigenvalue weighted by molar-refractivity contribution is 7.86. The number of hydrogen-bond acceptors (Lipinski definition) is 4. The largest absolute Gasteiger partial charge is 0.311 e. The Morgan fingerprint density at radius 3 is 2.29 bits per heavy atom. The molecule has 0 aromatic heterocycles. The van der Waals surface area contributed by atoms with Crippen molar-refractivity contribution >= 4 is 10.1 Å². The van der Waals surface area contributed by atoms with E-state index in [0.717, 1.165) is 12.7 Å². The fraction of sp³-hybridized carbons (Fsp3) is 1.00. The van der Waals surface area contributed by atoms with Crippen molar-refractivity contribution in [2.45, 2.75) is 39.3 Å². The quantitative estimate of drug-likeness (QED) is 0.699. The monoisotopic (exact) mass is 221 g/mol. The van der Waals surface area contributed by atoms with Gasteiger partial charge in [0.15, 0.2) is 0 Å². The van der Waals surface area contributed by atoms with E-state index in [1.807, 2.05) is 0 Å². The van der Waals surface area contributed by atoms with E-state index in [2.05, 4.69) is 26.1 Å². The summed E-state index contributed by atoms with van der Waals surface area (Å²) in [6.07, 6.45) is 1.66. The summed E-state index contributed by atoms with van der Waals surface area (Å²) in [5.74, 6) is 0. The summed E-state index contributed by atoms with van der Waals surface area (Å²) >= 11 is 0. The van der Waals surface area contributed by atoms with Gasteiger partial charge in [-0.25, -0.2) is 0 Å². The molecule has 0 aliphatic carbocycles. The van der Waals surface area contributed by atoms with Gasteiger partial charge in [0.1, 0.15) is 0 Å². The Morgan fingerprint density at radius 2 is 1.93 bits per heavy atom. The third-order valence-corrected chi connectivity index (χ3v) is 3.07. The van der Waals surface area contributed by atoms with Crippen LogP contribution in [0.4, 0.5) is 0 Å². The Hall–Kier alpha value is -0.130. The third-order valence-electron chi connectivity index (χ3n) is 2.45. The molecular formula is C9H19NO3S. The highest BCUT2D eigenvalue weighted by atomic mass is 32.2. The zero-order valence-corrected chi connectivity index (χ0v) is 10.0. The van der Waals surface area contributed by atoms with Gasteiger partial charge in [-0.15, -0.1) is 0 Å². The molecule has 84 valence electrons. The van der Waals surface area contributed by atoms with Gasteiger partial charge < -0.3 is 5.32 Å². The van der Waals surface area contributed by atoms with Gasteiger partial charge in [-0.2, -0.15) is 8.42 Å². The van der Waals surface area contributed by atoms with Crippen LogP contribution in [0, 0.1) is 5.41 Å². The molecule has 1 fully saturated rings. The van der Waals surface area contributed by atoms with Crippen LogP contribution in [0.15, 0.2) is 0 Å². The Morgan fingerprint density at radius 1 is 1.36 bits per heavy atom. The molecular weight excluding hydrogens is 202 g/mol. The van der Waals surface area contributed by atoms with Crippen molar-refractivity contribution in [3.8, 4) is 0 Å². The normalized spacial score (nSPS) is 29.4. The topological polar surface area (TPSA) is 55.4 Å². The lowest BCUT2D eigenvalue weighted by Gasteiger charge is -2.26. The number of rotatable bonds is 2. The summed E-state index contributed by atoms with van der Waals surface area (Å²) < 4.78 is 26.7. The van der Waals surface area contributed by atoms with Crippen LogP contribution in [-0.4, -0.2) is 33.4 Å². The van der Waals surface area contributed by atoms with Crippen LogP contribution >= 0.6 is 0 Å². The first-order chi connectivity index (χ1) is 6.18. The molecule has 0 radical (unpaired) electrons. The molecule has 4 nitrogen and oxygen atoms in total. The summed E-state index contributed by atoms with van der Waals surface area (Å²) in [4.78, 5) is 0. The average Bonchev–Trinajstić information content (AvgIpc) is 2.29. The standard InChI is InChI=1S/C9H19NO3S/c1-9(2,3)8-5-7(6-10-8)13-14(4,11)12/h7-8,10H,5-6H2,1-4H3. The maximum atomic E-state index is 10.9. The predicted molar refractivity (Wildman–Crippen MR) is 55.6 cm³/mol. The second-order valence-electron chi connectivity index (χ2n) is 4.98. The molecule has 0 bridgehead atoms. The zero-order valence-electron chi connectivity index (χ0n) is 9.20. The third kappa shape index (κ3) is 3.55. The van der Waals surface area contributed by atoms with Crippen molar-refractivity contribution in [3.05, 3.63) is 0 Å². The molecule has 1 saturated heterocycles. The van der Waals surface area contributed by atoms with Crippen LogP contribution in [0.2, 0.25) is 0 Å². The molecule has 1 aliphatic heterocycles. The fourth-order valence-corrected chi connectivity index (χ4v) is 2.32. The molecule has 1 aliphatic rings. The molecule has 1 N–H and O–H groups in total. The van der Waals surface area contributed by atoms with Gasteiger partial charge >= 0.3 is 0 Å². The first-order valence-electron chi connectivity index (χ1n) is 4.80. The Kier molecular flexibility index (Phi) is 3.23. The Bertz CT molecular complexity index is 292. The maximum absolute atomic E-state index is 10.9. The highest BCUT2D eigenvalue weighted by Crippen LogP contribution is 2.27. The molecule has 0 amide bonds. The van der Waals surface area contributed by atoms with E-state index in [0.29, 0.717) is 12.6 Å². The maximum Gasteiger partial charge on any atom is 0.264 e. The lowest BCUT2D eigenvalue weighted by molar-refractivity contribution is 0.214. The second kappa shape index (κ2) is 3.79. The highest BCUT2D eigenvalue weighted by Gasteiger charge is 2.34. The Labute approximate surface area is 86.2 Å². The summed E-state index contributed by atoms with van der Waals surface area (Å²) in [6.45, 7) is 7.02. The first kappa shape index (κ1) is 11.9. The van der Waals surface area contributed by atoms with Gasteiger partial charge in [-0.3, -0.25) is 4.18 Å². The van der Waals surface area contributed by atoms with Crippen LogP contribution in [-0.2, 0) is 14.3 Å². The van der Waals surface area contributed by atoms with E-state index in [-0.39, 0.29) is 11.5 Å². The van der Waals surface area contributed by atoms with Crippen LogP contribution in [0.3, 0.4) is 0 Å². The van der Waals surface area contributed by atoms with E-state index < -0.39 is 10.1 Å². The van der Waals surface area contributed by atoms with Gasteiger partial charge in [-0.1, -0.05) is 20.8 Å². The lowest BCUT2D eigenvalue weighted by atomic mass is 9.86. The van der Waals surface area contributed by atoms with Crippen molar-refractivity contribution in [1.82, 2.24) is 5.32 Å². The number of nitrogens with one attached hydrogen (secondary N) is 1. The molecule has 1 rings (SSSR count).